The summed E-state index contributed by atoms with van der Waals surface area (Å²) < 4.78 is 54.2. The lowest BCUT2D eigenvalue weighted by atomic mass is 10.0. The van der Waals surface area contributed by atoms with Crippen molar-refractivity contribution in [3.8, 4) is 28.3 Å². The molecule has 17 heteroatoms. The molecule has 262 valence electrons. The average Bonchev–Trinajstić information content (AvgIpc) is 3.10. The van der Waals surface area contributed by atoms with Gasteiger partial charge in [0.25, 0.3) is 5.56 Å². The van der Waals surface area contributed by atoms with Gasteiger partial charge in [0.05, 0.1) is 53.0 Å². The maximum Gasteiger partial charge on any atom is 0.433 e. The zero-order valence-corrected chi connectivity index (χ0v) is 28.3. The van der Waals surface area contributed by atoms with E-state index in [-0.39, 0.29) is 45.2 Å². The van der Waals surface area contributed by atoms with Crippen molar-refractivity contribution in [3.05, 3.63) is 90.9 Å². The van der Waals surface area contributed by atoms with E-state index in [0.717, 1.165) is 9.13 Å². The zero-order chi connectivity index (χ0) is 35.9. The Bertz CT molecular complexity index is 2230. The minimum Gasteiger partial charge on any atom is -0.480 e. The molecule has 6 rings (SSSR count). The highest BCUT2D eigenvalue weighted by Crippen LogP contribution is 2.42. The van der Waals surface area contributed by atoms with Crippen molar-refractivity contribution < 1.29 is 27.8 Å². The highest BCUT2D eigenvalue weighted by atomic mass is 35.5. The first-order valence-corrected chi connectivity index (χ1v) is 16.0. The van der Waals surface area contributed by atoms with Gasteiger partial charge in [0, 0.05) is 50.0 Å². The third-order valence-electron chi connectivity index (χ3n) is 8.42. The van der Waals surface area contributed by atoms with Crippen molar-refractivity contribution in [1.29, 1.82) is 0 Å². The highest BCUT2D eigenvalue weighted by Gasteiger charge is 2.34. The summed E-state index contributed by atoms with van der Waals surface area (Å²) in [6.45, 7) is 1.08. The second-order valence-corrected chi connectivity index (χ2v) is 12.3. The topological polar surface area (TPSA) is 145 Å². The van der Waals surface area contributed by atoms with Crippen LogP contribution >= 0.6 is 23.2 Å². The van der Waals surface area contributed by atoms with Crippen LogP contribution in [0.1, 0.15) is 17.8 Å². The van der Waals surface area contributed by atoms with E-state index in [1.807, 2.05) is 0 Å². The van der Waals surface area contributed by atoms with Gasteiger partial charge in [0.2, 0.25) is 5.88 Å². The van der Waals surface area contributed by atoms with Gasteiger partial charge in [0.1, 0.15) is 22.6 Å². The van der Waals surface area contributed by atoms with Crippen LogP contribution < -0.4 is 26.6 Å². The average molecular weight is 733 g/mol. The number of alkyl halides is 3. The molecule has 2 aromatic carbocycles. The smallest absolute Gasteiger partial charge is 0.433 e. The Morgan fingerprint density at radius 1 is 1.04 bits per heavy atom. The number of nitrogens with zero attached hydrogens (tertiary/aromatic N) is 5. The minimum atomic E-state index is -4.88. The SMILES string of the molecule is COc1nc(-c2cccc(-c3cccc(Nc4nc(C(F)(F)F)cc5c4c(=O)n(C)c(=O)n5C)c3Cl)c2Cl)cnc1CN[C@@H]1CCOC[C@H]1O. The van der Waals surface area contributed by atoms with E-state index < -0.39 is 35.0 Å². The highest BCUT2D eigenvalue weighted by molar-refractivity contribution is 6.39. The number of nitrogens with one attached hydrogen (secondary N) is 2. The third-order valence-corrected chi connectivity index (χ3v) is 9.24. The standard InChI is InChI=1S/C33H30Cl2F3N7O5/c1-44-23-12-25(33(36,37)38)43-29(26(23)31(47)45(2)32(44)48)41-20-9-5-7-17(28(20)35)16-6-4-8-18(27(16)34)21-13-40-22(30(42-21)49-3)14-39-19-10-11-50-15-24(19)46/h4-9,12-13,19,24,39,46H,10-11,14-15H2,1-3H3,(H,41,43)/t19-,24-/m1/s1. The number of aliphatic hydroxyl groups excluding tert-OH is 1. The van der Waals surface area contributed by atoms with Crippen molar-refractivity contribution in [3.63, 3.8) is 0 Å². The second-order valence-electron chi connectivity index (χ2n) is 11.5. The van der Waals surface area contributed by atoms with Gasteiger partial charge in [0.15, 0.2) is 0 Å². The molecule has 0 spiro atoms. The second kappa shape index (κ2) is 14.0. The third kappa shape index (κ3) is 6.66. The summed E-state index contributed by atoms with van der Waals surface area (Å²) in [6, 6.07) is 10.5. The molecular formula is C33H30Cl2F3N7O5. The lowest BCUT2D eigenvalue weighted by Gasteiger charge is -2.28. The van der Waals surface area contributed by atoms with Gasteiger partial charge in [-0.15, -0.1) is 0 Å². The number of ether oxygens (including phenoxy) is 2. The fourth-order valence-electron chi connectivity index (χ4n) is 5.73. The van der Waals surface area contributed by atoms with Gasteiger partial charge in [-0.05, 0) is 18.6 Å². The van der Waals surface area contributed by atoms with Crippen LogP contribution in [0.15, 0.2) is 58.3 Å². The molecule has 0 bridgehead atoms. The number of pyridine rings is 1. The molecule has 0 radical (unpaired) electrons. The molecule has 1 aliphatic rings. The van der Waals surface area contributed by atoms with Crippen molar-refractivity contribution in [2.45, 2.75) is 31.3 Å². The van der Waals surface area contributed by atoms with Gasteiger partial charge in [-0.1, -0.05) is 53.5 Å². The van der Waals surface area contributed by atoms with Gasteiger partial charge >= 0.3 is 11.9 Å². The Labute approximate surface area is 292 Å². The first-order chi connectivity index (χ1) is 23.8. The summed E-state index contributed by atoms with van der Waals surface area (Å²) in [7, 11) is 3.95. The van der Waals surface area contributed by atoms with E-state index in [1.54, 1.807) is 36.5 Å². The first-order valence-electron chi connectivity index (χ1n) is 15.2. The number of aliphatic hydroxyl groups is 1. The quantitative estimate of drug-likeness (QED) is 0.198. The number of hydrogen-bond acceptors (Lipinski definition) is 10. The van der Waals surface area contributed by atoms with Crippen LogP contribution in [-0.4, -0.2) is 61.7 Å². The van der Waals surface area contributed by atoms with Gasteiger partial charge in [-0.25, -0.2) is 14.8 Å². The molecule has 3 N–H and O–H groups in total. The molecular weight excluding hydrogens is 702 g/mol. The number of aromatic nitrogens is 5. The van der Waals surface area contributed by atoms with E-state index >= 15 is 0 Å². The van der Waals surface area contributed by atoms with Gasteiger partial charge in [-0.2, -0.15) is 13.2 Å². The van der Waals surface area contributed by atoms with Gasteiger partial charge < -0.3 is 25.2 Å². The largest absolute Gasteiger partial charge is 0.480 e. The molecule has 2 atom stereocenters. The molecule has 0 saturated carbocycles. The Kier molecular flexibility index (Phi) is 9.88. The maximum absolute atomic E-state index is 13.9. The summed E-state index contributed by atoms with van der Waals surface area (Å²) in [5.41, 5.74) is -0.774. The molecule has 0 unspecified atom stereocenters. The van der Waals surface area contributed by atoms with Crippen molar-refractivity contribution in [1.82, 2.24) is 29.4 Å². The fourth-order valence-corrected chi connectivity index (χ4v) is 6.33. The summed E-state index contributed by atoms with van der Waals surface area (Å²) in [4.78, 5) is 38.6. The van der Waals surface area contributed by atoms with Crippen LogP contribution in [0.5, 0.6) is 5.88 Å². The number of halogens is 5. The number of hydrogen-bond donors (Lipinski definition) is 3. The van der Waals surface area contributed by atoms with Crippen LogP contribution in [-0.2, 0) is 31.6 Å². The van der Waals surface area contributed by atoms with Crippen LogP contribution in [0.25, 0.3) is 33.3 Å². The summed E-state index contributed by atoms with van der Waals surface area (Å²) in [6.07, 6.45) is -3.34. The Balaban J connectivity index is 1.36. The molecule has 3 aromatic heterocycles. The van der Waals surface area contributed by atoms with E-state index in [9.17, 15) is 27.9 Å². The van der Waals surface area contributed by atoms with Crippen molar-refractivity contribution in [2.24, 2.45) is 14.1 Å². The number of anilines is 2. The normalized spacial score (nSPS) is 16.5. The Morgan fingerprint density at radius 2 is 1.74 bits per heavy atom. The summed E-state index contributed by atoms with van der Waals surface area (Å²) in [5, 5.41) is 16.4. The lowest BCUT2D eigenvalue weighted by Crippen LogP contribution is -2.46. The number of benzene rings is 2. The molecule has 50 heavy (non-hydrogen) atoms. The Hall–Kier alpha value is -4.54. The van der Waals surface area contributed by atoms with Crippen LogP contribution in [0, 0.1) is 0 Å². The predicted octanol–water partition coefficient (Wildman–Crippen LogP) is 5.07. The van der Waals surface area contributed by atoms with E-state index in [4.69, 9.17) is 32.7 Å². The molecule has 1 fully saturated rings. The molecule has 12 nitrogen and oxygen atoms in total. The summed E-state index contributed by atoms with van der Waals surface area (Å²) in [5.74, 6) is -0.181. The minimum absolute atomic E-state index is 0.0703. The maximum atomic E-state index is 13.9. The monoisotopic (exact) mass is 731 g/mol. The number of aryl methyl sites for hydroxylation is 1. The predicted molar refractivity (Wildman–Crippen MR) is 182 cm³/mol. The van der Waals surface area contributed by atoms with Gasteiger partial charge in [-0.3, -0.25) is 18.9 Å². The lowest BCUT2D eigenvalue weighted by molar-refractivity contribution is -0.141. The fraction of sp³-hybridized carbons (Fsp3) is 0.303. The van der Waals surface area contributed by atoms with Crippen LogP contribution in [0.4, 0.5) is 24.7 Å². The van der Waals surface area contributed by atoms with Crippen molar-refractivity contribution >= 4 is 45.6 Å². The van der Waals surface area contributed by atoms with E-state index in [2.05, 4.69) is 25.6 Å². The molecule has 1 aliphatic heterocycles. The molecule has 0 aliphatic carbocycles. The zero-order valence-electron chi connectivity index (χ0n) is 26.8. The molecule has 5 aromatic rings. The number of rotatable bonds is 8. The van der Waals surface area contributed by atoms with E-state index in [0.29, 0.717) is 53.7 Å². The Morgan fingerprint density at radius 3 is 2.44 bits per heavy atom. The molecule has 0 amide bonds. The number of fused-ring (bicyclic) bond motifs is 1. The molecule has 4 heterocycles. The summed E-state index contributed by atoms with van der Waals surface area (Å²) >= 11 is 13.8. The number of methoxy groups -OCH3 is 1. The van der Waals surface area contributed by atoms with Crippen LogP contribution in [0.2, 0.25) is 10.0 Å². The van der Waals surface area contributed by atoms with Crippen LogP contribution in [0.3, 0.4) is 0 Å². The van der Waals surface area contributed by atoms with Crippen molar-refractivity contribution in [2.75, 3.05) is 25.6 Å². The molecule has 1 saturated heterocycles. The first kappa shape index (κ1) is 35.3. The van der Waals surface area contributed by atoms with E-state index in [1.165, 1.54) is 27.3 Å².